The van der Waals surface area contributed by atoms with E-state index in [1.165, 1.54) is 24.8 Å². The van der Waals surface area contributed by atoms with Gasteiger partial charge in [-0.25, -0.2) is 0 Å². The van der Waals surface area contributed by atoms with Crippen LogP contribution in [-0.4, -0.2) is 0 Å². The molecule has 1 saturated carbocycles. The first-order chi connectivity index (χ1) is 4.83. The fourth-order valence-electron chi connectivity index (χ4n) is 1.73. The molecule has 64 valence electrons. The average molecular weight is 152 g/mol. The van der Waals surface area contributed by atoms with Crippen LogP contribution in [-0.2, 0) is 0 Å². The average Bonchev–Trinajstić information content (AvgIpc) is 1.81. The third-order valence-corrected chi connectivity index (χ3v) is 3.08. The Bertz CT molecular complexity index is 172. The van der Waals surface area contributed by atoms with Gasteiger partial charge in [0.2, 0.25) is 0 Å². The van der Waals surface area contributed by atoms with Gasteiger partial charge in [0, 0.05) is 0 Å². The zero-order valence-electron chi connectivity index (χ0n) is 8.33. The van der Waals surface area contributed by atoms with Gasteiger partial charge < -0.3 is 0 Å². The highest BCUT2D eigenvalue weighted by Gasteiger charge is 2.34. The van der Waals surface area contributed by atoms with Crippen LogP contribution >= 0.6 is 0 Å². The van der Waals surface area contributed by atoms with Crippen molar-refractivity contribution in [3.63, 3.8) is 0 Å². The molecule has 0 heteroatoms. The third-order valence-electron chi connectivity index (χ3n) is 3.08. The Morgan fingerprint density at radius 2 is 1.64 bits per heavy atom. The molecule has 0 saturated heterocycles. The molecule has 0 aliphatic heterocycles. The van der Waals surface area contributed by atoms with E-state index in [1.807, 2.05) is 0 Å². The lowest BCUT2D eigenvalue weighted by Gasteiger charge is -2.41. The highest BCUT2D eigenvalue weighted by atomic mass is 14.4. The first-order valence-electron chi connectivity index (χ1n) is 4.52. The summed E-state index contributed by atoms with van der Waals surface area (Å²) in [5.74, 6) is 0. The van der Waals surface area contributed by atoms with Gasteiger partial charge in [-0.3, -0.25) is 0 Å². The molecule has 0 aromatic rings. The van der Waals surface area contributed by atoms with Crippen LogP contribution in [0.5, 0.6) is 0 Å². The Morgan fingerprint density at radius 1 is 1.09 bits per heavy atom. The Hall–Kier alpha value is -0.260. The minimum atomic E-state index is 0.398. The van der Waals surface area contributed by atoms with Gasteiger partial charge in [-0.1, -0.05) is 39.8 Å². The standard InChI is InChI=1S/C11H20/c1-9-8-10(2,3)6-7-11(9,4)5/h1,6-8H2,2-5H3. The molecule has 0 aromatic heterocycles. The van der Waals surface area contributed by atoms with Gasteiger partial charge in [-0.15, -0.1) is 0 Å². The Morgan fingerprint density at radius 3 is 2.00 bits per heavy atom. The molecule has 0 radical (unpaired) electrons. The van der Waals surface area contributed by atoms with Gasteiger partial charge in [-0.05, 0) is 30.1 Å². The van der Waals surface area contributed by atoms with Gasteiger partial charge in [0.1, 0.15) is 0 Å². The Balaban J connectivity index is 2.71. The van der Waals surface area contributed by atoms with E-state index in [0.717, 1.165) is 0 Å². The molecule has 11 heavy (non-hydrogen) atoms. The maximum Gasteiger partial charge on any atom is -0.0147 e. The van der Waals surface area contributed by atoms with E-state index in [4.69, 9.17) is 0 Å². The molecule has 0 bridgehead atoms. The summed E-state index contributed by atoms with van der Waals surface area (Å²) in [7, 11) is 0. The lowest BCUT2D eigenvalue weighted by molar-refractivity contribution is 0.200. The third kappa shape index (κ3) is 1.85. The summed E-state index contributed by atoms with van der Waals surface area (Å²) in [4.78, 5) is 0. The Kier molecular flexibility index (Phi) is 1.90. The molecule has 0 N–H and O–H groups in total. The second-order valence-electron chi connectivity index (χ2n) is 5.33. The van der Waals surface area contributed by atoms with Crippen LogP contribution < -0.4 is 0 Å². The van der Waals surface area contributed by atoms with Gasteiger partial charge >= 0.3 is 0 Å². The van der Waals surface area contributed by atoms with E-state index < -0.39 is 0 Å². The van der Waals surface area contributed by atoms with Crippen LogP contribution in [0.15, 0.2) is 12.2 Å². The van der Waals surface area contributed by atoms with Crippen LogP contribution in [0.3, 0.4) is 0 Å². The lowest BCUT2D eigenvalue weighted by atomic mass is 9.64. The van der Waals surface area contributed by atoms with Crippen molar-refractivity contribution < 1.29 is 0 Å². The topological polar surface area (TPSA) is 0 Å². The smallest absolute Gasteiger partial charge is 0.0147 e. The largest absolute Gasteiger partial charge is 0.0993 e. The maximum absolute atomic E-state index is 4.16. The molecule has 0 nitrogen and oxygen atoms in total. The highest BCUT2D eigenvalue weighted by molar-refractivity contribution is 5.12. The summed E-state index contributed by atoms with van der Waals surface area (Å²) < 4.78 is 0. The molecule has 0 heterocycles. The summed E-state index contributed by atoms with van der Waals surface area (Å²) in [5, 5.41) is 0. The first-order valence-corrected chi connectivity index (χ1v) is 4.52. The predicted octanol–water partition coefficient (Wildman–Crippen LogP) is 3.78. The zero-order valence-corrected chi connectivity index (χ0v) is 8.33. The first kappa shape index (κ1) is 8.83. The van der Waals surface area contributed by atoms with E-state index >= 15 is 0 Å². The molecule has 0 unspecified atom stereocenters. The van der Waals surface area contributed by atoms with Crippen LogP contribution in [0, 0.1) is 10.8 Å². The normalized spacial score (nSPS) is 28.5. The summed E-state index contributed by atoms with van der Waals surface area (Å²) in [6.07, 6.45) is 3.86. The summed E-state index contributed by atoms with van der Waals surface area (Å²) in [6.45, 7) is 13.5. The van der Waals surface area contributed by atoms with E-state index in [1.54, 1.807) is 0 Å². The molecule has 0 spiro atoms. The fourth-order valence-corrected chi connectivity index (χ4v) is 1.73. The molecule has 1 fully saturated rings. The van der Waals surface area contributed by atoms with Crippen molar-refractivity contribution in [1.82, 2.24) is 0 Å². The van der Waals surface area contributed by atoms with Crippen molar-refractivity contribution >= 4 is 0 Å². The van der Waals surface area contributed by atoms with Crippen molar-refractivity contribution in [2.75, 3.05) is 0 Å². The van der Waals surface area contributed by atoms with E-state index in [2.05, 4.69) is 34.3 Å². The van der Waals surface area contributed by atoms with Crippen LogP contribution in [0.4, 0.5) is 0 Å². The van der Waals surface area contributed by atoms with Crippen LogP contribution in [0.25, 0.3) is 0 Å². The van der Waals surface area contributed by atoms with Crippen LogP contribution in [0.1, 0.15) is 47.0 Å². The van der Waals surface area contributed by atoms with Crippen molar-refractivity contribution in [3.05, 3.63) is 12.2 Å². The number of rotatable bonds is 0. The lowest BCUT2D eigenvalue weighted by Crippen LogP contribution is -2.28. The monoisotopic (exact) mass is 152 g/mol. The molecular weight excluding hydrogens is 132 g/mol. The van der Waals surface area contributed by atoms with E-state index in [9.17, 15) is 0 Å². The van der Waals surface area contributed by atoms with Gasteiger partial charge in [0.15, 0.2) is 0 Å². The SMILES string of the molecule is C=C1CC(C)(C)CCC1(C)C. The van der Waals surface area contributed by atoms with Gasteiger partial charge in [-0.2, -0.15) is 0 Å². The zero-order chi connectivity index (χ0) is 8.70. The number of allylic oxidation sites excluding steroid dienone is 1. The van der Waals surface area contributed by atoms with Gasteiger partial charge in [0.05, 0.1) is 0 Å². The molecule has 0 amide bonds. The number of hydrogen-bond donors (Lipinski definition) is 0. The summed E-state index contributed by atoms with van der Waals surface area (Å²) >= 11 is 0. The molecule has 1 aliphatic rings. The highest BCUT2D eigenvalue weighted by Crippen LogP contribution is 2.47. The molecule has 0 atom stereocenters. The predicted molar refractivity (Wildman–Crippen MR) is 50.6 cm³/mol. The molecule has 1 rings (SSSR count). The van der Waals surface area contributed by atoms with E-state index in [0.29, 0.717) is 10.8 Å². The fraction of sp³-hybridized carbons (Fsp3) is 0.818. The Labute approximate surface area is 70.7 Å². The molecular formula is C11H20. The van der Waals surface area contributed by atoms with Crippen molar-refractivity contribution in [3.8, 4) is 0 Å². The minimum Gasteiger partial charge on any atom is -0.0993 e. The second-order valence-corrected chi connectivity index (χ2v) is 5.33. The quantitative estimate of drug-likeness (QED) is 0.463. The minimum absolute atomic E-state index is 0.398. The van der Waals surface area contributed by atoms with Crippen LogP contribution in [0.2, 0.25) is 0 Å². The van der Waals surface area contributed by atoms with Gasteiger partial charge in [0.25, 0.3) is 0 Å². The number of hydrogen-bond acceptors (Lipinski definition) is 0. The maximum atomic E-state index is 4.16. The van der Waals surface area contributed by atoms with Crippen molar-refractivity contribution in [2.24, 2.45) is 10.8 Å². The summed E-state index contributed by atoms with van der Waals surface area (Å²) in [6, 6.07) is 0. The van der Waals surface area contributed by atoms with E-state index in [-0.39, 0.29) is 0 Å². The molecule has 0 aromatic carbocycles. The summed E-state index contributed by atoms with van der Waals surface area (Å²) in [5.41, 5.74) is 2.34. The second kappa shape index (κ2) is 2.36. The van der Waals surface area contributed by atoms with Crippen molar-refractivity contribution in [1.29, 1.82) is 0 Å². The molecule has 1 aliphatic carbocycles. The van der Waals surface area contributed by atoms with Crippen molar-refractivity contribution in [2.45, 2.75) is 47.0 Å².